The number of aryl methyl sites for hydroxylation is 2. The van der Waals surface area contributed by atoms with Crippen LogP contribution >= 0.6 is 0 Å². The summed E-state index contributed by atoms with van der Waals surface area (Å²) in [6.45, 7) is 0. The number of fused-ring (bicyclic) bond motifs is 2. The molecule has 0 atom stereocenters. The Balaban J connectivity index is 2.30. The molecule has 2 aromatic carbocycles. The van der Waals surface area contributed by atoms with Gasteiger partial charge in [-0.05, 0) is 53.6 Å². The summed E-state index contributed by atoms with van der Waals surface area (Å²) in [7, 11) is 0. The second kappa shape index (κ2) is 3.88. The van der Waals surface area contributed by atoms with Crippen LogP contribution in [0.4, 0.5) is 0 Å². The number of rotatable bonds is 1. The van der Waals surface area contributed by atoms with Crippen molar-refractivity contribution in [2.75, 3.05) is 0 Å². The van der Waals surface area contributed by atoms with Gasteiger partial charge in [-0.25, -0.2) is 4.79 Å². The average molecular weight is 226 g/mol. The molecule has 0 bridgehead atoms. The third kappa shape index (κ3) is 1.70. The summed E-state index contributed by atoms with van der Waals surface area (Å²) in [6, 6.07) is 9.74. The van der Waals surface area contributed by atoms with Crippen LogP contribution in [0, 0.1) is 0 Å². The largest absolute Gasteiger partial charge is 0.478 e. The second-order valence-electron chi connectivity index (χ2n) is 4.66. The number of benzene rings is 2. The first-order chi connectivity index (χ1) is 8.25. The van der Waals surface area contributed by atoms with Gasteiger partial charge in [0.2, 0.25) is 0 Å². The number of hydrogen-bond acceptors (Lipinski definition) is 1. The van der Waals surface area contributed by atoms with Crippen molar-refractivity contribution >= 4 is 16.7 Å². The molecular formula is C15H14O2. The lowest BCUT2D eigenvalue weighted by molar-refractivity contribution is 0.0699. The molecule has 0 amide bonds. The van der Waals surface area contributed by atoms with E-state index in [2.05, 4.69) is 12.1 Å². The van der Waals surface area contributed by atoms with Crippen molar-refractivity contribution in [1.82, 2.24) is 0 Å². The van der Waals surface area contributed by atoms with E-state index in [0.717, 1.165) is 23.6 Å². The van der Waals surface area contributed by atoms with Gasteiger partial charge in [0.05, 0.1) is 5.56 Å². The SMILES string of the molecule is O=C(O)c1cccc2cc3c(cc12)CCCC3. The molecule has 0 unspecified atom stereocenters. The van der Waals surface area contributed by atoms with E-state index in [1.54, 1.807) is 6.07 Å². The van der Waals surface area contributed by atoms with Crippen LogP contribution in [0.15, 0.2) is 30.3 Å². The molecule has 2 heteroatoms. The number of hydrogen-bond donors (Lipinski definition) is 1. The van der Waals surface area contributed by atoms with E-state index in [-0.39, 0.29) is 0 Å². The highest BCUT2D eigenvalue weighted by atomic mass is 16.4. The Bertz CT molecular complexity index is 599. The van der Waals surface area contributed by atoms with Gasteiger partial charge in [-0.2, -0.15) is 0 Å². The number of carbonyl (C=O) groups is 1. The summed E-state index contributed by atoms with van der Waals surface area (Å²) in [5, 5.41) is 11.1. The molecule has 0 aliphatic heterocycles. The highest BCUT2D eigenvalue weighted by Crippen LogP contribution is 2.28. The molecular weight excluding hydrogens is 212 g/mol. The topological polar surface area (TPSA) is 37.3 Å². The zero-order chi connectivity index (χ0) is 11.8. The maximum atomic E-state index is 11.2. The van der Waals surface area contributed by atoms with Gasteiger partial charge in [0.15, 0.2) is 0 Å². The Hall–Kier alpha value is -1.83. The van der Waals surface area contributed by atoms with Crippen LogP contribution in [-0.2, 0) is 12.8 Å². The first-order valence-electron chi connectivity index (χ1n) is 6.03. The van der Waals surface area contributed by atoms with E-state index in [0.29, 0.717) is 5.56 Å². The van der Waals surface area contributed by atoms with Crippen molar-refractivity contribution in [2.45, 2.75) is 25.7 Å². The summed E-state index contributed by atoms with van der Waals surface area (Å²) in [5.74, 6) is -0.841. The number of aromatic carboxylic acids is 1. The first-order valence-corrected chi connectivity index (χ1v) is 6.03. The fraction of sp³-hybridized carbons (Fsp3) is 0.267. The van der Waals surface area contributed by atoms with E-state index in [1.165, 1.54) is 24.0 Å². The minimum atomic E-state index is -0.841. The normalized spacial score (nSPS) is 14.6. The maximum Gasteiger partial charge on any atom is 0.336 e. The smallest absolute Gasteiger partial charge is 0.336 e. The van der Waals surface area contributed by atoms with E-state index in [4.69, 9.17) is 0 Å². The predicted molar refractivity (Wildman–Crippen MR) is 67.5 cm³/mol. The predicted octanol–water partition coefficient (Wildman–Crippen LogP) is 3.42. The molecule has 3 rings (SSSR count). The molecule has 0 aromatic heterocycles. The van der Waals surface area contributed by atoms with Gasteiger partial charge in [0.25, 0.3) is 0 Å². The molecule has 2 aromatic rings. The molecule has 86 valence electrons. The monoisotopic (exact) mass is 226 g/mol. The van der Waals surface area contributed by atoms with Crippen LogP contribution < -0.4 is 0 Å². The minimum Gasteiger partial charge on any atom is -0.478 e. The molecule has 1 aliphatic rings. The lowest BCUT2D eigenvalue weighted by atomic mass is 9.88. The lowest BCUT2D eigenvalue weighted by Crippen LogP contribution is -2.04. The van der Waals surface area contributed by atoms with Gasteiger partial charge in [0.1, 0.15) is 0 Å². The standard InChI is InChI=1S/C15H14O2/c16-15(17)13-7-3-6-12-8-10-4-1-2-5-11(10)9-14(12)13/h3,6-9H,1-2,4-5H2,(H,16,17). The Labute approximate surface area is 99.9 Å². The van der Waals surface area contributed by atoms with Gasteiger partial charge < -0.3 is 5.11 Å². The van der Waals surface area contributed by atoms with Crippen LogP contribution in [0.5, 0.6) is 0 Å². The molecule has 0 saturated heterocycles. The zero-order valence-corrected chi connectivity index (χ0v) is 9.57. The first kappa shape index (κ1) is 10.3. The Kier molecular flexibility index (Phi) is 2.36. The van der Waals surface area contributed by atoms with Crippen LogP contribution in [0.3, 0.4) is 0 Å². The molecule has 0 saturated carbocycles. The second-order valence-corrected chi connectivity index (χ2v) is 4.66. The molecule has 0 radical (unpaired) electrons. The summed E-state index contributed by atoms with van der Waals surface area (Å²) < 4.78 is 0. The van der Waals surface area contributed by atoms with Gasteiger partial charge in [0, 0.05) is 0 Å². The molecule has 17 heavy (non-hydrogen) atoms. The van der Waals surface area contributed by atoms with Crippen molar-refractivity contribution in [3.8, 4) is 0 Å². The molecule has 0 fully saturated rings. The molecule has 1 N–H and O–H groups in total. The summed E-state index contributed by atoms with van der Waals surface area (Å²) >= 11 is 0. The van der Waals surface area contributed by atoms with E-state index >= 15 is 0 Å². The van der Waals surface area contributed by atoms with Gasteiger partial charge in [-0.1, -0.05) is 24.3 Å². The Morgan fingerprint density at radius 2 is 1.76 bits per heavy atom. The quantitative estimate of drug-likeness (QED) is 0.809. The van der Waals surface area contributed by atoms with E-state index in [9.17, 15) is 9.90 Å². The van der Waals surface area contributed by atoms with Crippen molar-refractivity contribution < 1.29 is 9.90 Å². The van der Waals surface area contributed by atoms with Gasteiger partial charge in [-0.3, -0.25) is 0 Å². The van der Waals surface area contributed by atoms with Crippen LogP contribution in [0.2, 0.25) is 0 Å². The average Bonchev–Trinajstić information content (AvgIpc) is 2.35. The third-order valence-corrected chi connectivity index (χ3v) is 3.57. The fourth-order valence-electron chi connectivity index (χ4n) is 2.70. The molecule has 1 aliphatic carbocycles. The van der Waals surface area contributed by atoms with Gasteiger partial charge >= 0.3 is 5.97 Å². The fourth-order valence-corrected chi connectivity index (χ4v) is 2.70. The Morgan fingerprint density at radius 1 is 1.06 bits per heavy atom. The maximum absolute atomic E-state index is 11.2. The lowest BCUT2D eigenvalue weighted by Gasteiger charge is -2.17. The summed E-state index contributed by atoms with van der Waals surface area (Å²) in [6.07, 6.45) is 4.67. The van der Waals surface area contributed by atoms with E-state index < -0.39 is 5.97 Å². The van der Waals surface area contributed by atoms with Gasteiger partial charge in [-0.15, -0.1) is 0 Å². The van der Waals surface area contributed by atoms with E-state index in [1.807, 2.05) is 12.1 Å². The van der Waals surface area contributed by atoms with Crippen LogP contribution in [0.25, 0.3) is 10.8 Å². The minimum absolute atomic E-state index is 0.413. The highest BCUT2D eigenvalue weighted by molar-refractivity contribution is 6.04. The third-order valence-electron chi connectivity index (χ3n) is 3.57. The molecule has 2 nitrogen and oxygen atoms in total. The van der Waals surface area contributed by atoms with Crippen molar-refractivity contribution in [3.05, 3.63) is 47.0 Å². The van der Waals surface area contributed by atoms with Crippen LogP contribution in [-0.4, -0.2) is 11.1 Å². The number of carboxylic acids is 1. The summed E-state index contributed by atoms with van der Waals surface area (Å²) in [4.78, 5) is 11.2. The summed E-state index contributed by atoms with van der Waals surface area (Å²) in [5.41, 5.74) is 3.14. The van der Waals surface area contributed by atoms with Crippen molar-refractivity contribution in [1.29, 1.82) is 0 Å². The zero-order valence-electron chi connectivity index (χ0n) is 9.57. The van der Waals surface area contributed by atoms with Crippen LogP contribution in [0.1, 0.15) is 34.3 Å². The highest BCUT2D eigenvalue weighted by Gasteiger charge is 2.13. The number of carboxylic acid groups (broad SMARTS) is 1. The Morgan fingerprint density at radius 3 is 2.47 bits per heavy atom. The van der Waals surface area contributed by atoms with Crippen molar-refractivity contribution in [3.63, 3.8) is 0 Å². The van der Waals surface area contributed by atoms with Crippen molar-refractivity contribution in [2.24, 2.45) is 0 Å². The molecule has 0 spiro atoms. The molecule has 0 heterocycles.